The van der Waals surface area contributed by atoms with Gasteiger partial charge in [0.15, 0.2) is 0 Å². The van der Waals surface area contributed by atoms with E-state index < -0.39 is 0 Å². The van der Waals surface area contributed by atoms with Gasteiger partial charge in [0.25, 0.3) is 0 Å². The Balaban J connectivity index is 1.44. The summed E-state index contributed by atoms with van der Waals surface area (Å²) in [6, 6.07) is 2.67. The van der Waals surface area contributed by atoms with E-state index >= 15 is 0 Å². The molecular weight excluding hydrogens is 448 g/mol. The van der Waals surface area contributed by atoms with Gasteiger partial charge in [0.05, 0.1) is 11.3 Å². The van der Waals surface area contributed by atoms with Gasteiger partial charge in [-0.15, -0.1) is 11.3 Å². The summed E-state index contributed by atoms with van der Waals surface area (Å²) in [5.41, 5.74) is 9.67. The van der Waals surface area contributed by atoms with Crippen LogP contribution >= 0.6 is 11.3 Å². The summed E-state index contributed by atoms with van der Waals surface area (Å²) in [6.45, 7) is 4.97. The molecule has 1 aliphatic heterocycles. The van der Waals surface area contributed by atoms with Crippen LogP contribution in [0.4, 0.5) is 10.9 Å². The van der Waals surface area contributed by atoms with Crippen molar-refractivity contribution in [3.05, 3.63) is 33.6 Å². The summed E-state index contributed by atoms with van der Waals surface area (Å²) in [5.74, 6) is 1.84. The van der Waals surface area contributed by atoms with Crippen molar-refractivity contribution in [2.75, 3.05) is 30.3 Å². The van der Waals surface area contributed by atoms with Crippen LogP contribution in [0, 0.1) is 11.3 Å². The second kappa shape index (κ2) is 8.32. The van der Waals surface area contributed by atoms with E-state index in [1.54, 1.807) is 17.7 Å². The zero-order chi connectivity index (χ0) is 23.3. The molecule has 3 aromatic rings. The lowest BCUT2D eigenvalue weighted by molar-refractivity contribution is 0.337. The van der Waals surface area contributed by atoms with Gasteiger partial charge in [0.2, 0.25) is 17.5 Å². The van der Waals surface area contributed by atoms with Crippen LogP contribution in [0.5, 0.6) is 0 Å². The molecule has 0 radical (unpaired) electrons. The molecule has 0 bridgehead atoms. The van der Waals surface area contributed by atoms with Crippen LogP contribution in [0.15, 0.2) is 10.9 Å². The maximum atomic E-state index is 9.90. The quantitative estimate of drug-likeness (QED) is 0.572. The van der Waals surface area contributed by atoms with Crippen LogP contribution < -0.4 is 16.0 Å². The zero-order valence-electron chi connectivity index (χ0n) is 19.3. The lowest BCUT2D eigenvalue weighted by Gasteiger charge is -2.39. The van der Waals surface area contributed by atoms with Crippen molar-refractivity contribution < 1.29 is 4.52 Å². The van der Waals surface area contributed by atoms with E-state index in [-0.39, 0.29) is 5.41 Å². The van der Waals surface area contributed by atoms with Gasteiger partial charge >= 0.3 is 0 Å². The fourth-order valence-corrected chi connectivity index (χ4v) is 7.24. The maximum absolute atomic E-state index is 9.90. The number of nitrogen functional groups attached to an aromatic ring is 1. The van der Waals surface area contributed by atoms with Crippen LogP contribution in [0.3, 0.4) is 0 Å². The van der Waals surface area contributed by atoms with Gasteiger partial charge in [0.1, 0.15) is 17.4 Å². The Morgan fingerprint density at radius 2 is 2.12 bits per heavy atom. The lowest BCUT2D eigenvalue weighted by atomic mass is 9.62. The summed E-state index contributed by atoms with van der Waals surface area (Å²) < 4.78 is 5.98. The van der Waals surface area contributed by atoms with Crippen LogP contribution in [0.1, 0.15) is 66.3 Å². The minimum absolute atomic E-state index is 0.291. The first-order valence-electron chi connectivity index (χ1n) is 12.1. The van der Waals surface area contributed by atoms with Gasteiger partial charge in [-0.25, -0.2) is 9.97 Å². The molecule has 4 heterocycles. The van der Waals surface area contributed by atoms with Crippen molar-refractivity contribution in [1.82, 2.24) is 25.4 Å². The summed E-state index contributed by atoms with van der Waals surface area (Å²) >= 11 is 1.56. The molecule has 1 fully saturated rings. The SMILES string of the molecule is C[C@H]1CNCCCN1c1ncnc(-c2onc3c2CCC[C@@]32CCCc3sc(N)c(C#N)c32)n1. The molecule has 9 nitrogen and oxygen atoms in total. The third-order valence-electron chi connectivity index (χ3n) is 7.62. The third kappa shape index (κ3) is 3.21. The van der Waals surface area contributed by atoms with Crippen molar-refractivity contribution in [3.8, 4) is 17.7 Å². The number of nitrogens with two attached hydrogens (primary N) is 1. The number of nitriles is 1. The molecule has 34 heavy (non-hydrogen) atoms. The van der Waals surface area contributed by atoms with Gasteiger partial charge in [-0.05, 0) is 64.0 Å². The largest absolute Gasteiger partial charge is 0.389 e. The highest BCUT2D eigenvalue weighted by molar-refractivity contribution is 7.16. The molecule has 0 amide bonds. The highest BCUT2D eigenvalue weighted by atomic mass is 32.1. The number of anilines is 2. The van der Waals surface area contributed by atoms with E-state index in [0.29, 0.717) is 34.1 Å². The predicted molar refractivity (Wildman–Crippen MR) is 130 cm³/mol. The smallest absolute Gasteiger partial charge is 0.229 e. The fraction of sp³-hybridized carbons (Fsp3) is 0.542. The summed E-state index contributed by atoms with van der Waals surface area (Å²) in [4.78, 5) is 17.2. The molecule has 0 unspecified atom stereocenters. The zero-order valence-corrected chi connectivity index (χ0v) is 20.1. The Bertz CT molecular complexity index is 1270. The van der Waals surface area contributed by atoms with E-state index in [1.165, 1.54) is 4.88 Å². The molecule has 0 aromatic carbocycles. The molecular formula is C24H28N8OS. The molecule has 3 N–H and O–H groups in total. The number of aryl methyl sites for hydroxylation is 1. The van der Waals surface area contributed by atoms with Gasteiger partial charge in [-0.1, -0.05) is 5.16 Å². The molecule has 0 saturated carbocycles. The first-order chi connectivity index (χ1) is 16.6. The fourth-order valence-electron chi connectivity index (χ4n) is 6.08. The number of nitrogens with one attached hydrogen (secondary N) is 1. The second-order valence-corrected chi connectivity index (χ2v) is 10.7. The Morgan fingerprint density at radius 3 is 2.97 bits per heavy atom. The van der Waals surface area contributed by atoms with Crippen LogP contribution in [0.2, 0.25) is 0 Å². The number of fused-ring (bicyclic) bond motifs is 4. The van der Waals surface area contributed by atoms with Crippen molar-refractivity contribution in [1.29, 1.82) is 5.26 Å². The Labute approximate surface area is 202 Å². The molecule has 1 saturated heterocycles. The van der Waals surface area contributed by atoms with E-state index in [0.717, 1.165) is 81.4 Å². The minimum Gasteiger partial charge on any atom is -0.389 e. The highest BCUT2D eigenvalue weighted by Crippen LogP contribution is 2.54. The van der Waals surface area contributed by atoms with Crippen LogP contribution in [-0.4, -0.2) is 45.8 Å². The van der Waals surface area contributed by atoms with Crippen molar-refractivity contribution in [2.24, 2.45) is 0 Å². The third-order valence-corrected chi connectivity index (χ3v) is 8.70. The number of aromatic nitrogens is 4. The van der Waals surface area contributed by atoms with Crippen LogP contribution in [0.25, 0.3) is 11.6 Å². The highest BCUT2D eigenvalue weighted by Gasteiger charge is 2.48. The molecule has 10 heteroatoms. The second-order valence-electron chi connectivity index (χ2n) is 9.59. The van der Waals surface area contributed by atoms with E-state index in [9.17, 15) is 5.26 Å². The lowest BCUT2D eigenvalue weighted by Crippen LogP contribution is -2.38. The number of hydrogen-bond donors (Lipinski definition) is 2. The predicted octanol–water partition coefficient (Wildman–Crippen LogP) is 3.19. The molecule has 2 atom stereocenters. The summed E-state index contributed by atoms with van der Waals surface area (Å²) in [7, 11) is 0. The van der Waals surface area contributed by atoms with Crippen LogP contribution in [-0.2, 0) is 18.3 Å². The first kappa shape index (κ1) is 21.5. The van der Waals surface area contributed by atoms with Crippen molar-refractivity contribution in [3.63, 3.8) is 0 Å². The van der Waals surface area contributed by atoms with Gasteiger partial charge in [-0.2, -0.15) is 10.2 Å². The number of hydrogen-bond acceptors (Lipinski definition) is 10. The Hall–Kier alpha value is -3.03. The van der Waals surface area contributed by atoms with Gasteiger partial charge < -0.3 is 20.5 Å². The molecule has 6 rings (SSSR count). The summed E-state index contributed by atoms with van der Waals surface area (Å²) in [5, 5.41) is 18.6. The topological polar surface area (TPSA) is 130 Å². The number of thiophene rings is 1. The Kier molecular flexibility index (Phi) is 5.26. The van der Waals surface area contributed by atoms with Gasteiger partial charge in [-0.3, -0.25) is 0 Å². The van der Waals surface area contributed by atoms with Crippen molar-refractivity contribution >= 4 is 22.3 Å². The molecule has 2 aliphatic carbocycles. The van der Waals surface area contributed by atoms with Gasteiger partial charge in [0, 0.05) is 35.0 Å². The first-order valence-corrected chi connectivity index (χ1v) is 12.9. The van der Waals surface area contributed by atoms with Crippen molar-refractivity contribution in [2.45, 2.75) is 63.3 Å². The number of rotatable bonds is 2. The molecule has 176 valence electrons. The standard InChI is InChI=1S/C24H28N8OS/c1-14-12-27-9-4-10-32(14)23-29-13-28-22(30-23)19-15-5-2-7-24(20(15)31-33-19)8-3-6-17-18(24)16(11-25)21(26)34-17/h13-14,27H,2-10,12,26H2,1H3/t14-,24-/m0/s1. The monoisotopic (exact) mass is 476 g/mol. The van der Waals surface area contributed by atoms with E-state index in [4.69, 9.17) is 15.2 Å². The normalized spacial score (nSPS) is 24.4. The van der Waals surface area contributed by atoms with E-state index in [1.807, 2.05) is 0 Å². The summed E-state index contributed by atoms with van der Waals surface area (Å²) in [6.07, 6.45) is 8.38. The average molecular weight is 477 g/mol. The molecule has 1 spiro atoms. The van der Waals surface area contributed by atoms with E-state index in [2.05, 4.69) is 38.3 Å². The average Bonchev–Trinajstić information content (AvgIpc) is 3.36. The minimum atomic E-state index is -0.317. The molecule has 3 aromatic heterocycles. The molecule has 3 aliphatic rings. The number of nitrogens with zero attached hydrogens (tertiary/aromatic N) is 6. The maximum Gasteiger partial charge on any atom is 0.229 e. The Morgan fingerprint density at radius 1 is 1.26 bits per heavy atom.